The van der Waals surface area contributed by atoms with Crippen LogP contribution in [0, 0.1) is 11.7 Å². The lowest BCUT2D eigenvalue weighted by molar-refractivity contribution is 0.435. The fourth-order valence-corrected chi connectivity index (χ4v) is 2.90. The summed E-state index contributed by atoms with van der Waals surface area (Å²) < 4.78 is 14.0. The van der Waals surface area contributed by atoms with Gasteiger partial charge in [-0.05, 0) is 32.1 Å². The first-order chi connectivity index (χ1) is 9.74. The van der Waals surface area contributed by atoms with Crippen molar-refractivity contribution in [3.05, 3.63) is 12.0 Å². The standard InChI is InChI=1S/C15H25FN4/c1-3-6-12-7-5-9-20(10-8-12)14-13(16)11-18-15(19-14)17-4-2/h11-12H,3-10H2,1-2H3,(H,17,18,19). The summed E-state index contributed by atoms with van der Waals surface area (Å²) >= 11 is 0. The second kappa shape index (κ2) is 7.41. The fourth-order valence-electron chi connectivity index (χ4n) is 2.90. The van der Waals surface area contributed by atoms with Crippen molar-refractivity contribution in [2.75, 3.05) is 29.9 Å². The Morgan fingerprint density at radius 2 is 2.20 bits per heavy atom. The van der Waals surface area contributed by atoms with Gasteiger partial charge in [0.05, 0.1) is 6.20 Å². The number of anilines is 2. The van der Waals surface area contributed by atoms with E-state index in [9.17, 15) is 4.39 Å². The van der Waals surface area contributed by atoms with Gasteiger partial charge in [-0.25, -0.2) is 9.37 Å². The fraction of sp³-hybridized carbons (Fsp3) is 0.733. The molecule has 0 aromatic carbocycles. The van der Waals surface area contributed by atoms with Gasteiger partial charge in [-0.3, -0.25) is 0 Å². The molecule has 0 radical (unpaired) electrons. The molecular formula is C15H25FN4. The van der Waals surface area contributed by atoms with Gasteiger partial charge < -0.3 is 10.2 Å². The van der Waals surface area contributed by atoms with Crippen LogP contribution in [-0.4, -0.2) is 29.6 Å². The molecule has 2 heterocycles. The largest absolute Gasteiger partial charge is 0.354 e. The molecule has 1 aromatic heterocycles. The summed E-state index contributed by atoms with van der Waals surface area (Å²) in [6, 6.07) is 0. The zero-order valence-corrected chi connectivity index (χ0v) is 12.5. The third-order valence-corrected chi connectivity index (χ3v) is 3.90. The Morgan fingerprint density at radius 3 is 2.95 bits per heavy atom. The Morgan fingerprint density at radius 1 is 1.35 bits per heavy atom. The summed E-state index contributed by atoms with van der Waals surface area (Å²) in [5.41, 5.74) is 0. The molecule has 1 aliphatic rings. The maximum atomic E-state index is 14.0. The lowest BCUT2D eigenvalue weighted by atomic mass is 9.96. The van der Waals surface area contributed by atoms with Crippen LogP contribution in [0.1, 0.15) is 46.0 Å². The maximum Gasteiger partial charge on any atom is 0.224 e. The monoisotopic (exact) mass is 280 g/mol. The summed E-state index contributed by atoms with van der Waals surface area (Å²) in [5.74, 6) is 1.43. The van der Waals surface area contributed by atoms with Crippen molar-refractivity contribution < 1.29 is 4.39 Å². The molecule has 1 aromatic rings. The van der Waals surface area contributed by atoms with Crippen molar-refractivity contribution in [1.82, 2.24) is 9.97 Å². The zero-order chi connectivity index (χ0) is 14.4. The van der Waals surface area contributed by atoms with E-state index in [4.69, 9.17) is 0 Å². The normalized spacial score (nSPS) is 19.8. The smallest absolute Gasteiger partial charge is 0.224 e. The molecule has 1 N–H and O–H groups in total. The first-order valence-corrected chi connectivity index (χ1v) is 7.76. The molecule has 1 fully saturated rings. The van der Waals surface area contributed by atoms with Gasteiger partial charge in [-0.15, -0.1) is 0 Å². The molecule has 20 heavy (non-hydrogen) atoms. The van der Waals surface area contributed by atoms with Crippen molar-refractivity contribution in [1.29, 1.82) is 0 Å². The second-order valence-corrected chi connectivity index (χ2v) is 5.47. The number of hydrogen-bond donors (Lipinski definition) is 1. The molecule has 5 heteroatoms. The van der Waals surface area contributed by atoms with Gasteiger partial charge >= 0.3 is 0 Å². The third-order valence-electron chi connectivity index (χ3n) is 3.90. The van der Waals surface area contributed by atoms with E-state index in [-0.39, 0.29) is 5.82 Å². The van der Waals surface area contributed by atoms with E-state index in [1.165, 1.54) is 25.5 Å². The molecule has 1 aliphatic heterocycles. The molecule has 1 saturated heterocycles. The van der Waals surface area contributed by atoms with Gasteiger partial charge in [-0.1, -0.05) is 19.8 Å². The van der Waals surface area contributed by atoms with Gasteiger partial charge in [0.15, 0.2) is 11.6 Å². The van der Waals surface area contributed by atoms with E-state index in [1.54, 1.807) is 0 Å². The molecule has 112 valence electrons. The number of nitrogens with zero attached hydrogens (tertiary/aromatic N) is 3. The molecule has 1 unspecified atom stereocenters. The van der Waals surface area contributed by atoms with Gasteiger partial charge in [0.1, 0.15) is 0 Å². The van der Waals surface area contributed by atoms with E-state index < -0.39 is 0 Å². The molecular weight excluding hydrogens is 255 g/mol. The molecule has 0 bridgehead atoms. The second-order valence-electron chi connectivity index (χ2n) is 5.47. The maximum absolute atomic E-state index is 14.0. The molecule has 0 spiro atoms. The summed E-state index contributed by atoms with van der Waals surface area (Å²) in [7, 11) is 0. The van der Waals surface area contributed by atoms with E-state index in [2.05, 4.69) is 27.1 Å². The van der Waals surface area contributed by atoms with Crippen LogP contribution in [0.3, 0.4) is 0 Å². The van der Waals surface area contributed by atoms with Crippen LogP contribution in [-0.2, 0) is 0 Å². The van der Waals surface area contributed by atoms with Crippen LogP contribution in [0.4, 0.5) is 16.2 Å². The Labute approximate surface area is 120 Å². The molecule has 1 atom stereocenters. The minimum Gasteiger partial charge on any atom is -0.354 e. The van der Waals surface area contributed by atoms with Gasteiger partial charge in [0.25, 0.3) is 0 Å². The highest BCUT2D eigenvalue weighted by Gasteiger charge is 2.20. The quantitative estimate of drug-likeness (QED) is 0.897. The molecule has 2 rings (SSSR count). The Hall–Kier alpha value is -1.39. The Kier molecular flexibility index (Phi) is 5.56. The lowest BCUT2D eigenvalue weighted by Crippen LogP contribution is -2.27. The van der Waals surface area contributed by atoms with Crippen LogP contribution in [0.5, 0.6) is 0 Å². The summed E-state index contributed by atoms with van der Waals surface area (Å²) in [4.78, 5) is 10.4. The number of rotatable bonds is 5. The third kappa shape index (κ3) is 3.81. The first-order valence-electron chi connectivity index (χ1n) is 7.76. The van der Waals surface area contributed by atoms with E-state index >= 15 is 0 Å². The van der Waals surface area contributed by atoms with Crippen molar-refractivity contribution in [3.63, 3.8) is 0 Å². The summed E-state index contributed by atoms with van der Waals surface area (Å²) in [5, 5.41) is 3.04. The van der Waals surface area contributed by atoms with Crippen LogP contribution in [0.15, 0.2) is 6.20 Å². The number of aromatic nitrogens is 2. The van der Waals surface area contributed by atoms with Crippen molar-refractivity contribution in [2.24, 2.45) is 5.92 Å². The minimum atomic E-state index is -0.319. The molecule has 0 saturated carbocycles. The van der Waals surface area contributed by atoms with Gasteiger partial charge in [0, 0.05) is 19.6 Å². The highest BCUT2D eigenvalue weighted by atomic mass is 19.1. The average Bonchev–Trinajstić information content (AvgIpc) is 2.67. The van der Waals surface area contributed by atoms with Crippen LogP contribution in [0.2, 0.25) is 0 Å². The van der Waals surface area contributed by atoms with Crippen molar-refractivity contribution in [2.45, 2.75) is 46.0 Å². The van der Waals surface area contributed by atoms with Crippen molar-refractivity contribution >= 4 is 11.8 Å². The average molecular weight is 280 g/mol. The SMILES string of the molecule is CCCC1CCCN(c2nc(NCC)ncc2F)CC1. The Balaban J connectivity index is 2.08. The highest BCUT2D eigenvalue weighted by molar-refractivity contribution is 5.44. The molecule has 0 amide bonds. The first kappa shape index (κ1) is 15.0. The van der Waals surface area contributed by atoms with Gasteiger partial charge in [-0.2, -0.15) is 4.98 Å². The van der Waals surface area contributed by atoms with E-state index in [0.29, 0.717) is 11.8 Å². The molecule has 4 nitrogen and oxygen atoms in total. The lowest BCUT2D eigenvalue weighted by Gasteiger charge is -2.22. The predicted molar refractivity (Wildman–Crippen MR) is 80.6 cm³/mol. The number of halogens is 1. The van der Waals surface area contributed by atoms with Gasteiger partial charge in [0.2, 0.25) is 5.95 Å². The highest BCUT2D eigenvalue weighted by Crippen LogP contribution is 2.26. The van der Waals surface area contributed by atoms with Crippen molar-refractivity contribution in [3.8, 4) is 0 Å². The minimum absolute atomic E-state index is 0.319. The summed E-state index contributed by atoms with van der Waals surface area (Å²) in [6.07, 6.45) is 7.28. The number of nitrogens with one attached hydrogen (secondary N) is 1. The Bertz CT molecular complexity index is 424. The van der Waals surface area contributed by atoms with E-state index in [1.807, 2.05) is 6.92 Å². The van der Waals surface area contributed by atoms with Crippen LogP contribution < -0.4 is 10.2 Å². The topological polar surface area (TPSA) is 41.1 Å². The summed E-state index contributed by atoms with van der Waals surface area (Å²) in [6.45, 7) is 6.73. The van der Waals surface area contributed by atoms with E-state index in [0.717, 1.165) is 38.4 Å². The molecule has 0 aliphatic carbocycles. The van der Waals surface area contributed by atoms with Crippen LogP contribution >= 0.6 is 0 Å². The van der Waals surface area contributed by atoms with Crippen LogP contribution in [0.25, 0.3) is 0 Å². The predicted octanol–water partition coefficient (Wildman–Crippen LogP) is 3.45. The zero-order valence-electron chi connectivity index (χ0n) is 12.5. The number of hydrogen-bond acceptors (Lipinski definition) is 4.